The van der Waals surface area contributed by atoms with E-state index in [9.17, 15) is 0 Å². The van der Waals surface area contributed by atoms with Gasteiger partial charge in [-0.1, -0.05) is 12.1 Å². The fraction of sp³-hybridized carbons (Fsp3) is 0.143. The standard InChI is InChI=1S/C7H9BrN2/c1-10(9)7-5-3-2-4-6(7)8/h2-5H,9H2,1H3. The number of anilines is 1. The predicted octanol–water partition coefficient (Wildman–Crippen LogP) is 1.76. The summed E-state index contributed by atoms with van der Waals surface area (Å²) in [6, 6.07) is 7.81. The van der Waals surface area contributed by atoms with Gasteiger partial charge in [-0.15, -0.1) is 0 Å². The molecule has 0 saturated carbocycles. The topological polar surface area (TPSA) is 29.3 Å². The first-order valence-electron chi connectivity index (χ1n) is 2.95. The second-order valence-electron chi connectivity index (χ2n) is 2.06. The number of rotatable bonds is 1. The summed E-state index contributed by atoms with van der Waals surface area (Å²) in [4.78, 5) is 0. The molecule has 0 radical (unpaired) electrons. The molecule has 0 bridgehead atoms. The molecule has 54 valence electrons. The van der Waals surface area contributed by atoms with Gasteiger partial charge < -0.3 is 5.01 Å². The van der Waals surface area contributed by atoms with Gasteiger partial charge in [0.1, 0.15) is 0 Å². The summed E-state index contributed by atoms with van der Waals surface area (Å²) in [6.45, 7) is 0. The molecule has 0 aliphatic rings. The Hall–Kier alpha value is -0.540. The fourth-order valence-corrected chi connectivity index (χ4v) is 1.30. The maximum atomic E-state index is 5.52. The molecule has 0 atom stereocenters. The zero-order chi connectivity index (χ0) is 7.56. The molecule has 0 spiro atoms. The quantitative estimate of drug-likeness (QED) is 0.554. The average Bonchev–Trinajstić information content (AvgIpc) is 1.88. The van der Waals surface area contributed by atoms with E-state index in [0.29, 0.717) is 0 Å². The molecule has 0 aromatic heterocycles. The Balaban J connectivity index is 3.03. The van der Waals surface area contributed by atoms with Crippen LogP contribution in [0.15, 0.2) is 28.7 Å². The van der Waals surface area contributed by atoms with Crippen molar-refractivity contribution >= 4 is 21.6 Å². The highest BCUT2D eigenvalue weighted by atomic mass is 79.9. The van der Waals surface area contributed by atoms with Crippen molar-refractivity contribution < 1.29 is 0 Å². The molecule has 0 saturated heterocycles. The summed E-state index contributed by atoms with van der Waals surface area (Å²) in [6.07, 6.45) is 0. The molecule has 1 aromatic rings. The summed E-state index contributed by atoms with van der Waals surface area (Å²) >= 11 is 3.38. The number of halogens is 1. The maximum Gasteiger partial charge on any atom is 0.0655 e. The lowest BCUT2D eigenvalue weighted by Crippen LogP contribution is -2.25. The third-order valence-corrected chi connectivity index (χ3v) is 1.90. The summed E-state index contributed by atoms with van der Waals surface area (Å²) in [7, 11) is 1.81. The molecule has 2 N–H and O–H groups in total. The number of hydrogen-bond donors (Lipinski definition) is 1. The largest absolute Gasteiger partial charge is 0.313 e. The number of nitrogens with zero attached hydrogens (tertiary/aromatic N) is 1. The zero-order valence-corrected chi connectivity index (χ0v) is 7.30. The van der Waals surface area contributed by atoms with E-state index in [-0.39, 0.29) is 0 Å². The second kappa shape index (κ2) is 3.03. The Morgan fingerprint density at radius 2 is 2.00 bits per heavy atom. The molecular weight excluding hydrogens is 192 g/mol. The minimum atomic E-state index is 0.988. The van der Waals surface area contributed by atoms with Crippen LogP contribution in [-0.4, -0.2) is 7.05 Å². The van der Waals surface area contributed by atoms with E-state index in [4.69, 9.17) is 5.84 Å². The van der Waals surface area contributed by atoms with Crippen molar-refractivity contribution in [2.24, 2.45) is 5.84 Å². The van der Waals surface area contributed by atoms with Crippen molar-refractivity contribution in [3.05, 3.63) is 28.7 Å². The van der Waals surface area contributed by atoms with Crippen molar-refractivity contribution in [3.63, 3.8) is 0 Å². The molecule has 0 aliphatic carbocycles. The van der Waals surface area contributed by atoms with Crippen LogP contribution in [0.4, 0.5) is 5.69 Å². The van der Waals surface area contributed by atoms with Crippen LogP contribution in [0.2, 0.25) is 0 Å². The van der Waals surface area contributed by atoms with Crippen LogP contribution in [-0.2, 0) is 0 Å². The lowest BCUT2D eigenvalue weighted by atomic mass is 10.3. The van der Waals surface area contributed by atoms with Gasteiger partial charge in [0, 0.05) is 11.5 Å². The summed E-state index contributed by atoms with van der Waals surface area (Å²) in [5.41, 5.74) is 0.988. The third-order valence-electron chi connectivity index (χ3n) is 1.23. The van der Waals surface area contributed by atoms with Crippen molar-refractivity contribution in [3.8, 4) is 0 Å². The van der Waals surface area contributed by atoms with Gasteiger partial charge in [0.15, 0.2) is 0 Å². The Bertz CT molecular complexity index is 223. The van der Waals surface area contributed by atoms with Crippen LogP contribution < -0.4 is 10.9 Å². The second-order valence-corrected chi connectivity index (χ2v) is 2.92. The summed E-state index contributed by atoms with van der Waals surface area (Å²) in [5.74, 6) is 5.52. The number of benzene rings is 1. The van der Waals surface area contributed by atoms with Gasteiger partial charge in [0.2, 0.25) is 0 Å². The van der Waals surface area contributed by atoms with Crippen LogP contribution in [0.5, 0.6) is 0 Å². The highest BCUT2D eigenvalue weighted by Gasteiger charge is 1.97. The molecule has 1 rings (SSSR count). The summed E-state index contributed by atoms with van der Waals surface area (Å²) < 4.78 is 1.01. The van der Waals surface area contributed by atoms with E-state index >= 15 is 0 Å². The summed E-state index contributed by atoms with van der Waals surface area (Å²) in [5, 5.41) is 1.57. The maximum absolute atomic E-state index is 5.52. The van der Waals surface area contributed by atoms with Gasteiger partial charge in [-0.2, -0.15) is 0 Å². The monoisotopic (exact) mass is 200 g/mol. The van der Waals surface area contributed by atoms with E-state index in [1.165, 1.54) is 0 Å². The molecule has 2 nitrogen and oxygen atoms in total. The van der Waals surface area contributed by atoms with Crippen LogP contribution in [0.3, 0.4) is 0 Å². The van der Waals surface area contributed by atoms with Crippen LogP contribution in [0.1, 0.15) is 0 Å². The molecule has 3 heteroatoms. The predicted molar refractivity (Wildman–Crippen MR) is 46.7 cm³/mol. The van der Waals surface area contributed by atoms with Crippen LogP contribution in [0.25, 0.3) is 0 Å². The SMILES string of the molecule is CN(N)c1ccccc1Br. The first kappa shape index (κ1) is 7.57. The number of nitrogens with two attached hydrogens (primary N) is 1. The number of hydrazine groups is 1. The molecule has 0 heterocycles. The van der Waals surface area contributed by atoms with Crippen molar-refractivity contribution in [2.45, 2.75) is 0 Å². The van der Waals surface area contributed by atoms with Crippen LogP contribution >= 0.6 is 15.9 Å². The Labute approximate surface area is 68.7 Å². The smallest absolute Gasteiger partial charge is 0.0655 e. The van der Waals surface area contributed by atoms with Crippen molar-refractivity contribution in [2.75, 3.05) is 12.1 Å². The normalized spacial score (nSPS) is 9.50. The van der Waals surface area contributed by atoms with E-state index in [1.54, 1.807) is 12.1 Å². The first-order chi connectivity index (χ1) is 4.72. The molecule has 0 fully saturated rings. The Kier molecular flexibility index (Phi) is 2.29. The van der Waals surface area contributed by atoms with Gasteiger partial charge in [0.05, 0.1) is 5.69 Å². The minimum absolute atomic E-state index is 0.988. The highest BCUT2D eigenvalue weighted by Crippen LogP contribution is 2.22. The van der Waals surface area contributed by atoms with Crippen molar-refractivity contribution in [1.82, 2.24) is 0 Å². The van der Waals surface area contributed by atoms with E-state index in [0.717, 1.165) is 10.2 Å². The molecular formula is C7H9BrN2. The average molecular weight is 201 g/mol. The van der Waals surface area contributed by atoms with E-state index < -0.39 is 0 Å². The van der Waals surface area contributed by atoms with E-state index in [2.05, 4.69) is 15.9 Å². The molecule has 0 aliphatic heterocycles. The lowest BCUT2D eigenvalue weighted by molar-refractivity contribution is 1.01. The number of hydrogen-bond acceptors (Lipinski definition) is 2. The molecule has 1 aromatic carbocycles. The Morgan fingerprint density at radius 1 is 1.40 bits per heavy atom. The minimum Gasteiger partial charge on any atom is -0.313 e. The zero-order valence-electron chi connectivity index (χ0n) is 5.71. The third kappa shape index (κ3) is 1.49. The molecule has 0 amide bonds. The van der Waals surface area contributed by atoms with Crippen LogP contribution in [0, 0.1) is 0 Å². The fourth-order valence-electron chi connectivity index (χ4n) is 0.738. The van der Waals surface area contributed by atoms with E-state index in [1.807, 2.05) is 24.3 Å². The van der Waals surface area contributed by atoms with Gasteiger partial charge >= 0.3 is 0 Å². The lowest BCUT2D eigenvalue weighted by Gasteiger charge is -2.12. The number of para-hydroxylation sites is 1. The first-order valence-corrected chi connectivity index (χ1v) is 3.74. The highest BCUT2D eigenvalue weighted by molar-refractivity contribution is 9.10. The Morgan fingerprint density at radius 3 is 2.40 bits per heavy atom. The van der Waals surface area contributed by atoms with Crippen molar-refractivity contribution in [1.29, 1.82) is 0 Å². The van der Waals surface area contributed by atoms with Gasteiger partial charge in [-0.25, -0.2) is 5.84 Å². The molecule has 10 heavy (non-hydrogen) atoms. The van der Waals surface area contributed by atoms with Gasteiger partial charge in [-0.3, -0.25) is 0 Å². The molecule has 0 unspecified atom stereocenters. The van der Waals surface area contributed by atoms with Gasteiger partial charge in [0.25, 0.3) is 0 Å². The van der Waals surface area contributed by atoms with Gasteiger partial charge in [-0.05, 0) is 28.1 Å².